The molecule has 6 nitrogen and oxygen atoms in total. The van der Waals surface area contributed by atoms with Gasteiger partial charge in [0.05, 0.1) is 18.0 Å². The summed E-state index contributed by atoms with van der Waals surface area (Å²) in [6.07, 6.45) is 0. The standard InChI is InChI=1S/C14H21N3O3/c1-4-16-13(18)10-6-7-11(15)12(8-10)17-9(3)14(19)20-5-2/h6-9,17H,4-5,15H2,1-3H3,(H,16,18). The first-order chi connectivity index (χ1) is 9.49. The highest BCUT2D eigenvalue weighted by molar-refractivity contribution is 5.96. The van der Waals surface area contributed by atoms with E-state index in [0.29, 0.717) is 30.1 Å². The lowest BCUT2D eigenvalue weighted by Crippen LogP contribution is -2.29. The van der Waals surface area contributed by atoms with Crippen molar-refractivity contribution in [3.05, 3.63) is 23.8 Å². The molecule has 110 valence electrons. The number of benzene rings is 1. The lowest BCUT2D eigenvalue weighted by atomic mass is 10.1. The summed E-state index contributed by atoms with van der Waals surface area (Å²) in [6, 6.07) is 4.35. The van der Waals surface area contributed by atoms with Crippen LogP contribution in [0.4, 0.5) is 11.4 Å². The Morgan fingerprint density at radius 3 is 2.65 bits per heavy atom. The van der Waals surface area contributed by atoms with Crippen LogP contribution in [0.5, 0.6) is 0 Å². The number of esters is 1. The second-order valence-electron chi connectivity index (χ2n) is 4.28. The third-order valence-corrected chi connectivity index (χ3v) is 2.66. The maximum absolute atomic E-state index is 11.8. The minimum absolute atomic E-state index is 0.181. The molecule has 0 saturated carbocycles. The van der Waals surface area contributed by atoms with Crippen LogP contribution < -0.4 is 16.4 Å². The fourth-order valence-corrected chi connectivity index (χ4v) is 1.64. The highest BCUT2D eigenvalue weighted by Gasteiger charge is 2.15. The van der Waals surface area contributed by atoms with Crippen molar-refractivity contribution in [2.75, 3.05) is 24.2 Å². The molecule has 1 unspecified atom stereocenters. The second kappa shape index (κ2) is 7.37. The van der Waals surface area contributed by atoms with Crippen molar-refractivity contribution in [2.45, 2.75) is 26.8 Å². The topological polar surface area (TPSA) is 93.5 Å². The Morgan fingerprint density at radius 1 is 1.35 bits per heavy atom. The average Bonchev–Trinajstić information content (AvgIpc) is 2.41. The highest BCUT2D eigenvalue weighted by Crippen LogP contribution is 2.21. The maximum atomic E-state index is 11.8. The van der Waals surface area contributed by atoms with Gasteiger partial charge in [0.15, 0.2) is 0 Å². The Balaban J connectivity index is 2.86. The van der Waals surface area contributed by atoms with Gasteiger partial charge in [-0.05, 0) is 39.0 Å². The van der Waals surface area contributed by atoms with E-state index >= 15 is 0 Å². The van der Waals surface area contributed by atoms with Gasteiger partial charge in [-0.15, -0.1) is 0 Å². The van der Waals surface area contributed by atoms with Gasteiger partial charge in [-0.2, -0.15) is 0 Å². The van der Waals surface area contributed by atoms with Gasteiger partial charge in [0.25, 0.3) is 5.91 Å². The van der Waals surface area contributed by atoms with E-state index in [9.17, 15) is 9.59 Å². The number of hydrogen-bond donors (Lipinski definition) is 3. The van der Waals surface area contributed by atoms with Crippen LogP contribution in [0.25, 0.3) is 0 Å². The van der Waals surface area contributed by atoms with Gasteiger partial charge in [-0.25, -0.2) is 4.79 Å². The zero-order valence-electron chi connectivity index (χ0n) is 12.0. The lowest BCUT2D eigenvalue weighted by molar-refractivity contribution is -0.143. The largest absolute Gasteiger partial charge is 0.464 e. The summed E-state index contributed by atoms with van der Waals surface area (Å²) in [6.45, 7) is 6.13. The van der Waals surface area contributed by atoms with Crippen LogP contribution >= 0.6 is 0 Å². The molecule has 0 aliphatic rings. The molecule has 0 aliphatic heterocycles. The monoisotopic (exact) mass is 279 g/mol. The van der Waals surface area contributed by atoms with Crippen molar-refractivity contribution in [1.82, 2.24) is 5.32 Å². The number of nitrogen functional groups attached to an aromatic ring is 1. The molecule has 0 radical (unpaired) electrons. The normalized spacial score (nSPS) is 11.6. The van der Waals surface area contributed by atoms with Crippen LogP contribution in [0.15, 0.2) is 18.2 Å². The van der Waals surface area contributed by atoms with Gasteiger partial charge >= 0.3 is 5.97 Å². The molecular formula is C14H21N3O3. The van der Waals surface area contributed by atoms with Crippen LogP contribution in [0.2, 0.25) is 0 Å². The number of anilines is 2. The van der Waals surface area contributed by atoms with Gasteiger partial charge in [0, 0.05) is 12.1 Å². The number of carbonyl (C=O) groups is 2. The zero-order chi connectivity index (χ0) is 15.1. The summed E-state index contributed by atoms with van der Waals surface area (Å²) >= 11 is 0. The maximum Gasteiger partial charge on any atom is 0.328 e. The molecule has 0 aromatic heterocycles. The van der Waals surface area contributed by atoms with E-state index in [4.69, 9.17) is 10.5 Å². The van der Waals surface area contributed by atoms with E-state index in [1.165, 1.54) is 0 Å². The molecule has 0 aliphatic carbocycles. The van der Waals surface area contributed by atoms with Crippen LogP contribution in [0.3, 0.4) is 0 Å². The fourth-order valence-electron chi connectivity index (χ4n) is 1.64. The molecule has 0 fully saturated rings. The first kappa shape index (κ1) is 15.8. The van der Waals surface area contributed by atoms with Gasteiger partial charge in [0.2, 0.25) is 0 Å². The summed E-state index contributed by atoms with van der Waals surface area (Å²) < 4.78 is 4.91. The van der Waals surface area contributed by atoms with Crippen LogP contribution in [-0.4, -0.2) is 31.1 Å². The second-order valence-corrected chi connectivity index (χ2v) is 4.28. The molecule has 1 rings (SSSR count). The molecule has 1 amide bonds. The Hall–Kier alpha value is -2.24. The van der Waals surface area contributed by atoms with Crippen molar-refractivity contribution >= 4 is 23.3 Å². The lowest BCUT2D eigenvalue weighted by Gasteiger charge is -2.16. The van der Waals surface area contributed by atoms with E-state index in [2.05, 4.69) is 10.6 Å². The average molecular weight is 279 g/mol. The molecule has 1 atom stereocenters. The molecule has 0 heterocycles. The van der Waals surface area contributed by atoms with Gasteiger partial charge in [-0.1, -0.05) is 0 Å². The first-order valence-corrected chi connectivity index (χ1v) is 6.60. The number of nitrogens with two attached hydrogens (primary N) is 1. The summed E-state index contributed by atoms with van der Waals surface area (Å²) in [5.74, 6) is -0.547. The zero-order valence-corrected chi connectivity index (χ0v) is 12.0. The molecule has 1 aromatic carbocycles. The third kappa shape index (κ3) is 4.15. The van der Waals surface area contributed by atoms with E-state index in [1.54, 1.807) is 32.0 Å². The summed E-state index contributed by atoms with van der Waals surface area (Å²) in [7, 11) is 0. The van der Waals surface area contributed by atoms with Crippen LogP contribution in [-0.2, 0) is 9.53 Å². The predicted molar refractivity (Wildman–Crippen MR) is 78.6 cm³/mol. The van der Waals surface area contributed by atoms with Crippen molar-refractivity contribution in [2.24, 2.45) is 0 Å². The highest BCUT2D eigenvalue weighted by atomic mass is 16.5. The van der Waals surface area contributed by atoms with Gasteiger partial charge < -0.3 is 21.1 Å². The van der Waals surface area contributed by atoms with Crippen LogP contribution in [0, 0.1) is 0 Å². The molecule has 0 bridgehead atoms. The molecule has 0 spiro atoms. The van der Waals surface area contributed by atoms with E-state index < -0.39 is 6.04 Å². The van der Waals surface area contributed by atoms with Crippen molar-refractivity contribution in [3.8, 4) is 0 Å². The Labute approximate surface area is 118 Å². The number of nitrogens with one attached hydrogen (secondary N) is 2. The van der Waals surface area contributed by atoms with Crippen molar-refractivity contribution in [1.29, 1.82) is 0 Å². The van der Waals surface area contributed by atoms with Crippen molar-refractivity contribution < 1.29 is 14.3 Å². The van der Waals surface area contributed by atoms with Crippen molar-refractivity contribution in [3.63, 3.8) is 0 Å². The number of ether oxygens (including phenoxy) is 1. The van der Waals surface area contributed by atoms with E-state index in [1.807, 2.05) is 6.92 Å². The summed E-state index contributed by atoms with van der Waals surface area (Å²) in [5.41, 5.74) is 7.33. The molecule has 20 heavy (non-hydrogen) atoms. The first-order valence-electron chi connectivity index (χ1n) is 6.60. The molecule has 0 saturated heterocycles. The number of rotatable bonds is 6. The Bertz CT molecular complexity index is 489. The SMILES string of the molecule is CCNC(=O)c1ccc(N)c(NC(C)C(=O)OCC)c1. The quantitative estimate of drug-likeness (QED) is 0.540. The van der Waals surface area contributed by atoms with E-state index in [-0.39, 0.29) is 11.9 Å². The van der Waals surface area contributed by atoms with Gasteiger partial charge in [0.1, 0.15) is 6.04 Å². The number of hydrogen-bond acceptors (Lipinski definition) is 5. The molecule has 1 aromatic rings. The number of carbonyl (C=O) groups excluding carboxylic acids is 2. The molecule has 4 N–H and O–H groups in total. The van der Waals surface area contributed by atoms with E-state index in [0.717, 1.165) is 0 Å². The smallest absolute Gasteiger partial charge is 0.328 e. The summed E-state index contributed by atoms with van der Waals surface area (Å²) in [4.78, 5) is 23.3. The summed E-state index contributed by atoms with van der Waals surface area (Å²) in [5, 5.41) is 5.66. The predicted octanol–water partition coefficient (Wildman–Crippen LogP) is 1.38. The minimum Gasteiger partial charge on any atom is -0.464 e. The van der Waals surface area contributed by atoms with Crippen LogP contribution in [0.1, 0.15) is 31.1 Å². The Kier molecular flexibility index (Phi) is 5.83. The van der Waals surface area contributed by atoms with Gasteiger partial charge in [-0.3, -0.25) is 4.79 Å². The fraction of sp³-hybridized carbons (Fsp3) is 0.429. The number of amides is 1. The molecular weight excluding hydrogens is 258 g/mol. The third-order valence-electron chi connectivity index (χ3n) is 2.66. The Morgan fingerprint density at radius 2 is 2.05 bits per heavy atom. The minimum atomic E-state index is -0.540. The molecule has 6 heteroatoms.